The molecule has 56 heavy (non-hydrogen) atoms. The van der Waals surface area contributed by atoms with Gasteiger partial charge in [-0.3, -0.25) is 33.6 Å². The fourth-order valence-electron chi connectivity index (χ4n) is 5.26. The summed E-state index contributed by atoms with van der Waals surface area (Å²) in [6.45, 7) is 4.72. The fourth-order valence-corrected chi connectivity index (χ4v) is 5.26. The molecule has 0 fully saturated rings. The third kappa shape index (κ3) is 28.1. The molecule has 0 aliphatic carbocycles. The van der Waals surface area contributed by atoms with E-state index in [1.807, 2.05) is 0 Å². The number of nitrogens with two attached hydrogens (primary N) is 2. The van der Waals surface area contributed by atoms with Crippen molar-refractivity contribution in [1.29, 1.82) is 0 Å². The van der Waals surface area contributed by atoms with Crippen molar-refractivity contribution in [3.05, 3.63) is 0 Å². The first kappa shape index (κ1) is 51.7. The number of rotatable bonds is 35. The second-order valence-corrected chi connectivity index (χ2v) is 13.7. The van der Waals surface area contributed by atoms with Gasteiger partial charge in [-0.05, 0) is 32.1 Å². The van der Waals surface area contributed by atoms with Crippen LogP contribution in [0.25, 0.3) is 0 Å². The number of ether oxygens (including phenoxy) is 4. The molecule has 18 heteroatoms. The summed E-state index contributed by atoms with van der Waals surface area (Å²) in [6, 6.07) is 0. The number of unbranched alkanes of at least 4 members (excludes halogenated alkanes) is 3. The average molecular weight is 801 g/mol. The van der Waals surface area contributed by atoms with E-state index >= 15 is 0 Å². The molecule has 2 atom stereocenters. The molecule has 322 valence electrons. The van der Waals surface area contributed by atoms with Gasteiger partial charge in [-0.15, -0.1) is 0 Å². The Labute approximate surface area is 331 Å². The molecule has 0 radical (unpaired) electrons. The van der Waals surface area contributed by atoms with E-state index in [9.17, 15) is 38.4 Å². The van der Waals surface area contributed by atoms with Crippen molar-refractivity contribution >= 4 is 47.4 Å². The molecule has 0 saturated carbocycles. The van der Waals surface area contributed by atoms with Crippen molar-refractivity contribution < 1.29 is 57.3 Å². The van der Waals surface area contributed by atoms with Crippen LogP contribution in [0.5, 0.6) is 0 Å². The van der Waals surface area contributed by atoms with Gasteiger partial charge >= 0.3 is 12.1 Å². The van der Waals surface area contributed by atoms with Crippen molar-refractivity contribution in [2.24, 2.45) is 23.3 Å². The zero-order valence-corrected chi connectivity index (χ0v) is 34.1. The molecule has 0 aliphatic rings. The van der Waals surface area contributed by atoms with E-state index < -0.39 is 12.1 Å². The van der Waals surface area contributed by atoms with Crippen molar-refractivity contribution in [1.82, 2.24) is 20.4 Å². The Kier molecular flexibility index (Phi) is 30.3. The maximum Gasteiger partial charge on any atom is 0.407 e. The maximum atomic E-state index is 13.4. The third-order valence-corrected chi connectivity index (χ3v) is 9.02. The van der Waals surface area contributed by atoms with Crippen LogP contribution in [0.3, 0.4) is 0 Å². The number of alkyl carbamates (subject to hydrolysis) is 1. The van der Waals surface area contributed by atoms with Gasteiger partial charge in [-0.1, -0.05) is 33.1 Å². The number of amides is 6. The van der Waals surface area contributed by atoms with Crippen LogP contribution < -0.4 is 22.1 Å². The SMILES string of the molecule is COCCOC(=O)CCCC(=O)N(CCC(=O)CCCCC[C@H](C)C(N)=O)CCN(CCC(=O)NCCCC[C@H](C)C(N)=O)C(=O)CCNC(=O)OCCOC. The highest BCUT2D eigenvalue weighted by molar-refractivity contribution is 5.82. The van der Waals surface area contributed by atoms with Gasteiger partial charge in [0.25, 0.3) is 0 Å². The highest BCUT2D eigenvalue weighted by Gasteiger charge is 2.21. The first-order chi connectivity index (χ1) is 26.7. The predicted molar refractivity (Wildman–Crippen MR) is 207 cm³/mol. The van der Waals surface area contributed by atoms with Crippen LogP contribution in [0, 0.1) is 11.8 Å². The van der Waals surface area contributed by atoms with E-state index in [1.165, 1.54) is 24.0 Å². The lowest BCUT2D eigenvalue weighted by atomic mass is 10.0. The molecular weight excluding hydrogens is 732 g/mol. The van der Waals surface area contributed by atoms with E-state index in [1.54, 1.807) is 13.8 Å². The van der Waals surface area contributed by atoms with Crippen molar-refractivity contribution in [2.45, 2.75) is 104 Å². The Morgan fingerprint density at radius 2 is 1.09 bits per heavy atom. The van der Waals surface area contributed by atoms with Crippen LogP contribution in [-0.4, -0.2) is 137 Å². The number of carbonyl (C=O) groups excluding carboxylic acids is 8. The molecule has 6 N–H and O–H groups in total. The topological polar surface area (TPSA) is 256 Å². The van der Waals surface area contributed by atoms with Gasteiger partial charge in [0.05, 0.1) is 13.2 Å². The van der Waals surface area contributed by atoms with Gasteiger partial charge < -0.3 is 50.8 Å². The summed E-state index contributed by atoms with van der Waals surface area (Å²) >= 11 is 0. The lowest BCUT2D eigenvalue weighted by Crippen LogP contribution is -2.44. The average Bonchev–Trinajstić information content (AvgIpc) is 3.15. The first-order valence-corrected chi connectivity index (χ1v) is 19.7. The Morgan fingerprint density at radius 3 is 1.68 bits per heavy atom. The summed E-state index contributed by atoms with van der Waals surface area (Å²) in [5.74, 6) is -2.68. The molecule has 18 nitrogen and oxygen atoms in total. The van der Waals surface area contributed by atoms with Crippen molar-refractivity contribution in [3.8, 4) is 0 Å². The van der Waals surface area contributed by atoms with E-state index in [0.717, 1.165) is 12.8 Å². The number of Topliss-reactive ketones (excluding diaryl/α,β-unsaturated/α-hetero) is 1. The summed E-state index contributed by atoms with van der Waals surface area (Å²) < 4.78 is 19.8. The monoisotopic (exact) mass is 800 g/mol. The lowest BCUT2D eigenvalue weighted by molar-refractivity contribution is -0.145. The highest BCUT2D eigenvalue weighted by Crippen LogP contribution is 2.12. The van der Waals surface area contributed by atoms with Gasteiger partial charge in [-0.25, -0.2) is 4.79 Å². The summed E-state index contributed by atoms with van der Waals surface area (Å²) in [7, 11) is 2.95. The predicted octanol–water partition coefficient (Wildman–Crippen LogP) is 1.60. The summed E-state index contributed by atoms with van der Waals surface area (Å²) in [6.07, 6.45) is 4.56. The Morgan fingerprint density at radius 1 is 0.536 bits per heavy atom. The molecule has 0 spiro atoms. The van der Waals surface area contributed by atoms with E-state index in [2.05, 4.69) is 10.6 Å². The molecule has 0 bridgehead atoms. The second kappa shape index (κ2) is 32.9. The van der Waals surface area contributed by atoms with Gasteiger partial charge in [0.1, 0.15) is 19.0 Å². The largest absolute Gasteiger partial charge is 0.463 e. The van der Waals surface area contributed by atoms with Gasteiger partial charge in [-0.2, -0.15) is 0 Å². The van der Waals surface area contributed by atoms with Gasteiger partial charge in [0.15, 0.2) is 0 Å². The number of methoxy groups -OCH3 is 2. The number of carbonyl (C=O) groups is 8. The van der Waals surface area contributed by atoms with Crippen LogP contribution in [0.15, 0.2) is 0 Å². The van der Waals surface area contributed by atoms with Crippen LogP contribution in [-0.2, 0) is 52.5 Å². The molecule has 0 saturated heterocycles. The molecule has 0 rings (SSSR count). The minimum absolute atomic E-state index is 0.00922. The zero-order valence-electron chi connectivity index (χ0n) is 34.1. The van der Waals surface area contributed by atoms with E-state index in [0.29, 0.717) is 45.1 Å². The van der Waals surface area contributed by atoms with Crippen molar-refractivity contribution in [3.63, 3.8) is 0 Å². The standard InChI is InChI=1S/C38H68N6O12/c1-29(36(39)50)11-6-5-7-13-31(45)17-21-43(33(47)14-10-15-35(49)55-27-25-53-3)23-24-44(34(48)16-20-42-38(52)56-28-26-54-4)22-18-32(46)41-19-9-8-12-30(2)37(40)51/h29-30H,5-28H2,1-4H3,(H2,39,50)(H2,40,51)(H,41,46)(H,42,52)/t29-,30-/m0/s1. The third-order valence-electron chi connectivity index (χ3n) is 9.02. The maximum absolute atomic E-state index is 13.4. The van der Waals surface area contributed by atoms with E-state index in [4.69, 9.17) is 30.4 Å². The van der Waals surface area contributed by atoms with Crippen LogP contribution in [0.4, 0.5) is 4.79 Å². The molecular formula is C38H68N6O12. The summed E-state index contributed by atoms with van der Waals surface area (Å²) in [5, 5.41) is 5.32. The summed E-state index contributed by atoms with van der Waals surface area (Å²) in [4.78, 5) is 102. The minimum atomic E-state index is -0.713. The smallest absolute Gasteiger partial charge is 0.407 e. The summed E-state index contributed by atoms with van der Waals surface area (Å²) in [5.41, 5.74) is 10.6. The van der Waals surface area contributed by atoms with Crippen molar-refractivity contribution in [2.75, 3.05) is 79.9 Å². The number of ketones is 1. The van der Waals surface area contributed by atoms with Crippen LogP contribution >= 0.6 is 0 Å². The molecule has 6 amide bonds. The molecule has 0 aliphatic heterocycles. The molecule has 0 aromatic heterocycles. The number of esters is 1. The fraction of sp³-hybridized carbons (Fsp3) is 0.789. The number of hydrogen-bond donors (Lipinski definition) is 4. The Hall–Kier alpha value is -4.32. The van der Waals surface area contributed by atoms with Gasteiger partial charge in [0, 0.05) is 104 Å². The van der Waals surface area contributed by atoms with E-state index in [-0.39, 0.29) is 145 Å². The normalized spacial score (nSPS) is 11.9. The van der Waals surface area contributed by atoms with Gasteiger partial charge in [0.2, 0.25) is 29.5 Å². The molecule has 0 unspecified atom stereocenters. The first-order valence-electron chi connectivity index (χ1n) is 19.7. The van der Waals surface area contributed by atoms with Crippen LogP contribution in [0.1, 0.15) is 104 Å². The second-order valence-electron chi connectivity index (χ2n) is 13.7. The minimum Gasteiger partial charge on any atom is -0.463 e. The highest BCUT2D eigenvalue weighted by atomic mass is 16.6. The Bertz CT molecular complexity index is 1110. The number of primary amides is 2. The molecule has 0 heterocycles. The Balaban J connectivity index is 5.52. The number of nitrogens with one attached hydrogen (secondary N) is 2. The number of nitrogens with zero attached hydrogens (tertiary/aromatic N) is 2. The zero-order chi connectivity index (χ0) is 42.1. The molecule has 0 aromatic rings. The van der Waals surface area contributed by atoms with Crippen LogP contribution in [0.2, 0.25) is 0 Å². The molecule has 0 aromatic carbocycles. The lowest BCUT2D eigenvalue weighted by Gasteiger charge is -2.28. The number of hydrogen-bond acceptors (Lipinski definition) is 12. The quantitative estimate of drug-likeness (QED) is 0.0527.